The van der Waals surface area contributed by atoms with Crippen LogP contribution in [-0.4, -0.2) is 48.8 Å². The van der Waals surface area contributed by atoms with Crippen LogP contribution in [0.1, 0.15) is 11.3 Å². The summed E-state index contributed by atoms with van der Waals surface area (Å²) in [6.07, 6.45) is 2.49. The van der Waals surface area contributed by atoms with Crippen molar-refractivity contribution in [2.75, 3.05) is 29.8 Å². The summed E-state index contributed by atoms with van der Waals surface area (Å²) in [6.45, 7) is 2.89. The van der Waals surface area contributed by atoms with Crippen molar-refractivity contribution in [3.63, 3.8) is 0 Å². The fraction of sp³-hybridized carbons (Fsp3) is 0.273. The summed E-state index contributed by atoms with van der Waals surface area (Å²) >= 11 is 0. The second kappa shape index (κ2) is 6.84. The van der Waals surface area contributed by atoms with Crippen LogP contribution >= 0.6 is 0 Å². The van der Waals surface area contributed by atoms with Gasteiger partial charge in [-0.3, -0.25) is 9.40 Å². The summed E-state index contributed by atoms with van der Waals surface area (Å²) in [5.74, 6) is 0. The molecule has 1 N–H and O–H groups in total. The zero-order chi connectivity index (χ0) is 21.9. The van der Waals surface area contributed by atoms with E-state index in [4.69, 9.17) is 4.98 Å². The number of hydrogen-bond donors (Lipinski definition) is 1. The number of aromatic amines is 1. The molecule has 3 aromatic heterocycles. The van der Waals surface area contributed by atoms with E-state index in [1.807, 2.05) is 24.6 Å². The van der Waals surface area contributed by atoms with Crippen molar-refractivity contribution >= 4 is 32.4 Å². The number of sulfonamides is 1. The first-order valence-electron chi connectivity index (χ1n) is 10.1. The monoisotopic (exact) mass is 436 g/mol. The van der Waals surface area contributed by atoms with Crippen LogP contribution in [0.5, 0.6) is 0 Å². The van der Waals surface area contributed by atoms with Crippen molar-refractivity contribution < 1.29 is 8.42 Å². The minimum atomic E-state index is -3.77. The molecule has 0 radical (unpaired) electrons. The predicted octanol–water partition coefficient (Wildman–Crippen LogP) is 3.09. The van der Waals surface area contributed by atoms with E-state index >= 15 is 0 Å². The average Bonchev–Trinajstić information content (AvgIpc) is 3.48. The van der Waals surface area contributed by atoms with E-state index < -0.39 is 10.0 Å². The molecule has 0 atom stereocenters. The minimum absolute atomic E-state index is 0.0513. The third kappa shape index (κ3) is 2.99. The van der Waals surface area contributed by atoms with Crippen LogP contribution < -0.4 is 9.21 Å². The Hall–Kier alpha value is -3.33. The molecule has 4 aromatic rings. The Morgan fingerprint density at radius 1 is 1.13 bits per heavy atom. The number of nitrogens with one attached hydrogen (secondary N) is 1. The van der Waals surface area contributed by atoms with Gasteiger partial charge in [0.1, 0.15) is 5.65 Å². The first-order valence-corrected chi connectivity index (χ1v) is 11.5. The van der Waals surface area contributed by atoms with Gasteiger partial charge in [-0.15, -0.1) is 0 Å². The number of pyridine rings is 1. The fourth-order valence-corrected chi connectivity index (χ4v) is 5.40. The van der Waals surface area contributed by atoms with Crippen LogP contribution in [0.4, 0.5) is 11.4 Å². The summed E-state index contributed by atoms with van der Waals surface area (Å²) < 4.78 is 29.5. The van der Waals surface area contributed by atoms with E-state index in [2.05, 4.69) is 40.3 Å². The van der Waals surface area contributed by atoms with Crippen molar-refractivity contribution in [2.24, 2.45) is 7.05 Å². The van der Waals surface area contributed by atoms with Crippen molar-refractivity contribution in [1.82, 2.24) is 19.7 Å². The summed E-state index contributed by atoms with van der Waals surface area (Å²) in [6, 6.07) is 11.8. The maximum Gasteiger partial charge on any atom is 0.281 e. The lowest BCUT2D eigenvalue weighted by Gasteiger charge is -2.19. The van der Waals surface area contributed by atoms with Gasteiger partial charge in [-0.25, -0.2) is 4.98 Å². The topological polar surface area (TPSA) is 87.1 Å². The number of nitrogens with zero attached hydrogens (tertiary/aromatic N) is 5. The van der Waals surface area contributed by atoms with Crippen LogP contribution in [0.2, 0.25) is 0 Å². The predicted molar refractivity (Wildman–Crippen MR) is 122 cm³/mol. The zero-order valence-corrected chi connectivity index (χ0v) is 18.7. The lowest BCUT2D eigenvalue weighted by atomic mass is 10.1. The maximum atomic E-state index is 13.1. The van der Waals surface area contributed by atoms with Gasteiger partial charge in [0.05, 0.1) is 17.6 Å². The van der Waals surface area contributed by atoms with E-state index in [9.17, 15) is 8.42 Å². The van der Waals surface area contributed by atoms with Crippen LogP contribution in [0.3, 0.4) is 0 Å². The van der Waals surface area contributed by atoms with E-state index in [-0.39, 0.29) is 5.03 Å². The zero-order valence-electron chi connectivity index (χ0n) is 17.9. The first-order chi connectivity index (χ1) is 14.8. The van der Waals surface area contributed by atoms with Gasteiger partial charge in [0, 0.05) is 50.0 Å². The normalized spacial score (nSPS) is 13.7. The molecule has 0 spiro atoms. The largest absolute Gasteiger partial charge is 0.374 e. The Balaban J connectivity index is 1.68. The molecule has 1 aliphatic heterocycles. The molecule has 0 bridgehead atoms. The highest BCUT2D eigenvalue weighted by molar-refractivity contribution is 7.92. The Morgan fingerprint density at radius 3 is 2.68 bits per heavy atom. The van der Waals surface area contributed by atoms with Crippen LogP contribution in [-0.2, 0) is 23.5 Å². The number of H-pyrrole nitrogens is 1. The van der Waals surface area contributed by atoms with Gasteiger partial charge in [0.25, 0.3) is 10.0 Å². The van der Waals surface area contributed by atoms with E-state index in [1.165, 1.54) is 27.8 Å². The van der Waals surface area contributed by atoms with Crippen LogP contribution in [0.25, 0.3) is 22.3 Å². The van der Waals surface area contributed by atoms with Crippen molar-refractivity contribution in [3.8, 4) is 11.3 Å². The highest BCUT2D eigenvalue weighted by Gasteiger charge is 2.26. The molecule has 0 fully saturated rings. The standard InChI is InChI=1S/C22H24N6O2S/c1-14-11-20(28(4)31(29,30)21-7-9-23-25-21)17-13-19(27(3)22(17)24-14)16-6-5-15-8-10-26(2)18(15)12-16/h5-7,9,11-13H,8,10H2,1-4H3,(H,23,25). The molecule has 160 valence electrons. The Kier molecular flexibility index (Phi) is 4.33. The lowest BCUT2D eigenvalue weighted by Crippen LogP contribution is -2.27. The third-order valence-corrected chi connectivity index (χ3v) is 7.77. The SMILES string of the molecule is Cc1cc(N(C)S(=O)(=O)c2ccn[nH]2)c2cc(-c3ccc4c(c3)N(C)CC4)n(C)c2n1. The number of aryl methyl sites for hydroxylation is 2. The highest BCUT2D eigenvalue weighted by atomic mass is 32.2. The molecule has 1 aromatic carbocycles. The Morgan fingerprint density at radius 2 is 1.94 bits per heavy atom. The smallest absolute Gasteiger partial charge is 0.281 e. The Labute approximate surface area is 181 Å². The van der Waals surface area contributed by atoms with Gasteiger partial charge in [-0.05, 0) is 43.2 Å². The molecule has 0 saturated heterocycles. The molecule has 0 saturated carbocycles. The summed E-state index contributed by atoms with van der Waals surface area (Å²) in [5.41, 5.74) is 6.73. The van der Waals surface area contributed by atoms with E-state index in [0.29, 0.717) is 5.69 Å². The number of hydrogen-bond acceptors (Lipinski definition) is 5. The van der Waals surface area contributed by atoms with Gasteiger partial charge < -0.3 is 9.47 Å². The van der Waals surface area contributed by atoms with Crippen molar-refractivity contribution in [2.45, 2.75) is 18.4 Å². The molecule has 4 heterocycles. The fourth-order valence-electron chi connectivity index (χ4n) is 4.29. The highest BCUT2D eigenvalue weighted by Crippen LogP contribution is 2.37. The molecule has 9 heteroatoms. The number of benzene rings is 1. The number of rotatable bonds is 4. The molecular weight excluding hydrogens is 412 g/mol. The lowest BCUT2D eigenvalue weighted by molar-refractivity contribution is 0.590. The quantitative estimate of drug-likeness (QED) is 0.531. The van der Waals surface area contributed by atoms with E-state index in [0.717, 1.165) is 41.0 Å². The molecule has 1 aliphatic rings. The van der Waals surface area contributed by atoms with Gasteiger partial charge >= 0.3 is 0 Å². The summed E-state index contributed by atoms with van der Waals surface area (Å²) in [5, 5.41) is 7.17. The molecule has 31 heavy (non-hydrogen) atoms. The molecule has 0 unspecified atom stereocenters. The summed E-state index contributed by atoms with van der Waals surface area (Å²) in [7, 11) is 1.86. The summed E-state index contributed by atoms with van der Waals surface area (Å²) in [4.78, 5) is 6.97. The molecular formula is C22H24N6O2S. The first kappa shape index (κ1) is 19.6. The Bertz CT molecular complexity index is 1410. The molecule has 5 rings (SSSR count). The maximum absolute atomic E-state index is 13.1. The molecule has 8 nitrogen and oxygen atoms in total. The molecule has 0 amide bonds. The van der Waals surface area contributed by atoms with Crippen LogP contribution in [0, 0.1) is 6.92 Å². The van der Waals surface area contributed by atoms with E-state index in [1.54, 1.807) is 13.1 Å². The van der Waals surface area contributed by atoms with Crippen LogP contribution in [0.15, 0.2) is 47.6 Å². The minimum Gasteiger partial charge on any atom is -0.374 e. The number of likely N-dealkylation sites (N-methyl/N-ethyl adjacent to an activating group) is 1. The van der Waals surface area contributed by atoms with Gasteiger partial charge in [0.15, 0.2) is 5.03 Å². The van der Waals surface area contributed by atoms with Crippen molar-refractivity contribution in [1.29, 1.82) is 0 Å². The second-order valence-corrected chi connectivity index (χ2v) is 9.95. The second-order valence-electron chi connectivity index (χ2n) is 8.02. The third-order valence-electron chi connectivity index (χ3n) is 6.07. The number of fused-ring (bicyclic) bond motifs is 2. The number of anilines is 2. The van der Waals surface area contributed by atoms with Crippen molar-refractivity contribution in [3.05, 3.63) is 53.9 Å². The van der Waals surface area contributed by atoms with Gasteiger partial charge in [-0.2, -0.15) is 13.5 Å². The molecule has 0 aliphatic carbocycles. The van der Waals surface area contributed by atoms with Gasteiger partial charge in [-0.1, -0.05) is 12.1 Å². The number of aromatic nitrogens is 4. The average molecular weight is 437 g/mol. The van der Waals surface area contributed by atoms with Gasteiger partial charge in [0.2, 0.25) is 0 Å².